The molecule has 44 valence electrons. The van der Waals surface area contributed by atoms with Gasteiger partial charge in [-0.3, -0.25) is 0 Å². The van der Waals surface area contributed by atoms with Crippen molar-refractivity contribution >= 4 is 0 Å². The van der Waals surface area contributed by atoms with Crippen LogP contribution in [0.2, 0.25) is 0 Å². The molecule has 0 fully saturated rings. The lowest BCUT2D eigenvalue weighted by Crippen LogP contribution is -1.75. The SMILES string of the molecule is Cc1noc(F)c1F. The molecule has 4 heteroatoms. The quantitative estimate of drug-likeness (QED) is 0.513. The minimum absolute atomic E-state index is 0.0532. The van der Waals surface area contributed by atoms with Crippen LogP contribution < -0.4 is 0 Å². The molecule has 0 aliphatic heterocycles. The largest absolute Gasteiger partial charge is 0.341 e. The van der Waals surface area contributed by atoms with E-state index >= 15 is 0 Å². The zero-order valence-corrected chi connectivity index (χ0v) is 4.11. The summed E-state index contributed by atoms with van der Waals surface area (Å²) < 4.78 is 27.5. The van der Waals surface area contributed by atoms with Gasteiger partial charge in [0.2, 0.25) is 5.82 Å². The van der Waals surface area contributed by atoms with Gasteiger partial charge in [0.1, 0.15) is 5.69 Å². The molecule has 0 aliphatic carbocycles. The molecular formula is C4H3F2NO. The number of rotatable bonds is 0. The fourth-order valence-electron chi connectivity index (χ4n) is 0.331. The summed E-state index contributed by atoms with van der Waals surface area (Å²) in [5.41, 5.74) is -0.0532. The Labute approximate surface area is 44.1 Å². The highest BCUT2D eigenvalue weighted by Gasteiger charge is 2.09. The van der Waals surface area contributed by atoms with Gasteiger partial charge in [-0.15, -0.1) is 0 Å². The lowest BCUT2D eigenvalue weighted by molar-refractivity contribution is 0.265. The van der Waals surface area contributed by atoms with E-state index in [4.69, 9.17) is 0 Å². The Morgan fingerprint density at radius 2 is 2.12 bits per heavy atom. The van der Waals surface area contributed by atoms with Crippen molar-refractivity contribution in [1.29, 1.82) is 0 Å². The maximum atomic E-state index is 12.0. The third-order valence-corrected chi connectivity index (χ3v) is 0.753. The summed E-state index contributed by atoms with van der Waals surface area (Å²) in [6.45, 7) is 1.32. The highest BCUT2D eigenvalue weighted by Crippen LogP contribution is 2.06. The van der Waals surface area contributed by atoms with Crippen molar-refractivity contribution in [3.8, 4) is 0 Å². The van der Waals surface area contributed by atoms with Crippen LogP contribution in [0.25, 0.3) is 0 Å². The number of halogens is 2. The van der Waals surface area contributed by atoms with E-state index in [1.54, 1.807) is 0 Å². The summed E-state index contributed by atoms with van der Waals surface area (Å²) in [6, 6.07) is -1.25. The molecular weight excluding hydrogens is 116 g/mol. The van der Waals surface area contributed by atoms with E-state index in [0.29, 0.717) is 0 Å². The van der Waals surface area contributed by atoms with Crippen LogP contribution in [-0.4, -0.2) is 5.16 Å². The first-order valence-corrected chi connectivity index (χ1v) is 1.99. The third kappa shape index (κ3) is 0.576. The predicted octanol–water partition coefficient (Wildman–Crippen LogP) is 1.26. The van der Waals surface area contributed by atoms with Gasteiger partial charge in [0.05, 0.1) is 0 Å². The molecule has 2 nitrogen and oxygen atoms in total. The zero-order chi connectivity index (χ0) is 6.15. The maximum absolute atomic E-state index is 12.0. The molecule has 0 aromatic carbocycles. The smallest absolute Gasteiger partial charge is 0.322 e. The number of nitrogens with zero attached hydrogens (tertiary/aromatic N) is 1. The summed E-state index contributed by atoms with van der Waals surface area (Å²) in [4.78, 5) is 0. The first-order chi connectivity index (χ1) is 3.72. The van der Waals surface area contributed by atoms with Crippen LogP contribution in [0.3, 0.4) is 0 Å². The molecule has 1 aromatic heterocycles. The number of hydrogen-bond acceptors (Lipinski definition) is 2. The fourth-order valence-corrected chi connectivity index (χ4v) is 0.331. The van der Waals surface area contributed by atoms with Gasteiger partial charge in [0.15, 0.2) is 0 Å². The van der Waals surface area contributed by atoms with Crippen molar-refractivity contribution in [2.75, 3.05) is 0 Å². The van der Waals surface area contributed by atoms with E-state index in [-0.39, 0.29) is 5.69 Å². The van der Waals surface area contributed by atoms with Crippen LogP contribution in [0, 0.1) is 18.8 Å². The first-order valence-electron chi connectivity index (χ1n) is 1.99. The monoisotopic (exact) mass is 119 g/mol. The Kier molecular flexibility index (Phi) is 1.00. The van der Waals surface area contributed by atoms with Gasteiger partial charge in [0.25, 0.3) is 0 Å². The summed E-state index contributed by atoms with van der Waals surface area (Å²) in [5, 5.41) is 2.99. The first kappa shape index (κ1) is 5.21. The second-order valence-electron chi connectivity index (χ2n) is 1.36. The van der Waals surface area contributed by atoms with Crippen molar-refractivity contribution in [2.24, 2.45) is 0 Å². The minimum Gasteiger partial charge on any atom is -0.322 e. The van der Waals surface area contributed by atoms with E-state index in [9.17, 15) is 8.78 Å². The van der Waals surface area contributed by atoms with Crippen molar-refractivity contribution < 1.29 is 13.3 Å². The molecule has 0 saturated heterocycles. The van der Waals surface area contributed by atoms with E-state index in [0.717, 1.165) is 0 Å². The Bertz CT molecular complexity index is 176. The fraction of sp³-hybridized carbons (Fsp3) is 0.250. The molecule has 0 spiro atoms. The molecule has 0 N–H and O–H groups in total. The summed E-state index contributed by atoms with van der Waals surface area (Å²) in [5.74, 6) is -1.01. The van der Waals surface area contributed by atoms with Crippen LogP contribution in [0.15, 0.2) is 4.52 Å². The maximum Gasteiger partial charge on any atom is 0.341 e. The molecule has 0 unspecified atom stereocenters. The van der Waals surface area contributed by atoms with Crippen LogP contribution in [0.4, 0.5) is 8.78 Å². The number of aryl methyl sites for hydroxylation is 1. The normalized spacial score (nSPS) is 9.88. The van der Waals surface area contributed by atoms with Crippen LogP contribution in [0.1, 0.15) is 5.69 Å². The summed E-state index contributed by atoms with van der Waals surface area (Å²) in [6.07, 6.45) is 0. The van der Waals surface area contributed by atoms with Crippen LogP contribution in [-0.2, 0) is 0 Å². The average molecular weight is 119 g/mol. The highest BCUT2D eigenvalue weighted by atomic mass is 19.2. The van der Waals surface area contributed by atoms with Gasteiger partial charge < -0.3 is 4.52 Å². The van der Waals surface area contributed by atoms with Crippen LogP contribution >= 0.6 is 0 Å². The minimum atomic E-state index is -1.25. The topological polar surface area (TPSA) is 26.0 Å². The molecule has 0 atom stereocenters. The van der Waals surface area contributed by atoms with Gasteiger partial charge in [-0.1, -0.05) is 5.16 Å². The van der Waals surface area contributed by atoms with Gasteiger partial charge in [0, 0.05) is 0 Å². The molecule has 8 heavy (non-hydrogen) atoms. The summed E-state index contributed by atoms with van der Waals surface area (Å²) >= 11 is 0. The molecule has 1 heterocycles. The van der Waals surface area contributed by atoms with E-state index in [2.05, 4.69) is 9.68 Å². The predicted molar refractivity (Wildman–Crippen MR) is 21.2 cm³/mol. The standard InChI is InChI=1S/C4H3F2NO/c1-2-3(5)4(6)8-7-2/h1H3. The number of aromatic nitrogens is 1. The lowest BCUT2D eigenvalue weighted by atomic mass is 10.5. The lowest BCUT2D eigenvalue weighted by Gasteiger charge is -1.72. The Hall–Kier alpha value is -0.930. The van der Waals surface area contributed by atoms with Crippen molar-refractivity contribution in [3.05, 3.63) is 17.5 Å². The Morgan fingerprint density at radius 1 is 1.50 bits per heavy atom. The van der Waals surface area contributed by atoms with Gasteiger partial charge in [-0.25, -0.2) is 0 Å². The van der Waals surface area contributed by atoms with Crippen LogP contribution in [0.5, 0.6) is 0 Å². The molecule has 0 aliphatic rings. The molecule has 0 bridgehead atoms. The average Bonchev–Trinajstić information content (AvgIpc) is 1.98. The molecule has 1 aromatic rings. The highest BCUT2D eigenvalue weighted by molar-refractivity contribution is 4.96. The molecule has 0 saturated carbocycles. The van der Waals surface area contributed by atoms with Crippen molar-refractivity contribution in [1.82, 2.24) is 5.16 Å². The molecule has 0 radical (unpaired) electrons. The van der Waals surface area contributed by atoms with Gasteiger partial charge in [-0.05, 0) is 6.92 Å². The Morgan fingerprint density at radius 3 is 2.25 bits per heavy atom. The van der Waals surface area contributed by atoms with E-state index in [1.165, 1.54) is 6.92 Å². The van der Waals surface area contributed by atoms with Crippen molar-refractivity contribution in [2.45, 2.75) is 6.92 Å². The second kappa shape index (κ2) is 1.54. The zero-order valence-electron chi connectivity index (χ0n) is 4.11. The van der Waals surface area contributed by atoms with E-state index in [1.807, 2.05) is 0 Å². The van der Waals surface area contributed by atoms with Gasteiger partial charge in [-0.2, -0.15) is 8.78 Å². The summed E-state index contributed by atoms with van der Waals surface area (Å²) in [7, 11) is 0. The number of hydrogen-bond donors (Lipinski definition) is 0. The molecule has 1 rings (SSSR count). The van der Waals surface area contributed by atoms with E-state index < -0.39 is 11.8 Å². The third-order valence-electron chi connectivity index (χ3n) is 0.753. The Balaban J connectivity index is 3.19. The van der Waals surface area contributed by atoms with Gasteiger partial charge >= 0.3 is 6.01 Å². The van der Waals surface area contributed by atoms with Crippen molar-refractivity contribution in [3.63, 3.8) is 0 Å². The molecule has 0 amide bonds. The second-order valence-corrected chi connectivity index (χ2v) is 1.36.